The Kier molecular flexibility index (Phi) is 5.22. The lowest BCUT2D eigenvalue weighted by atomic mass is 10.2. The number of carbonyl (C=O) groups excluding carboxylic acids is 1. The minimum absolute atomic E-state index is 0.132. The molecule has 0 aliphatic carbocycles. The Morgan fingerprint density at radius 3 is 3.04 bits per heavy atom. The smallest absolute Gasteiger partial charge is 0.234 e. The molecule has 0 saturated carbocycles. The lowest BCUT2D eigenvalue weighted by Gasteiger charge is -2.07. The van der Waals surface area contributed by atoms with E-state index in [9.17, 15) is 4.79 Å². The third-order valence-corrected chi connectivity index (χ3v) is 4.66. The number of nitrogens with one attached hydrogen (secondary N) is 1. The molecule has 0 bridgehead atoms. The number of carbonyl (C=O) groups is 1. The molecule has 0 aliphatic heterocycles. The van der Waals surface area contributed by atoms with Crippen LogP contribution in [0.3, 0.4) is 0 Å². The molecule has 3 aromatic rings. The van der Waals surface area contributed by atoms with Crippen molar-refractivity contribution < 1.29 is 9.21 Å². The molecule has 1 N–H and O–H groups in total. The number of benzene rings is 1. The van der Waals surface area contributed by atoms with Gasteiger partial charge >= 0.3 is 0 Å². The molecular formula is C16H15ClN4O2S. The second kappa shape index (κ2) is 7.55. The van der Waals surface area contributed by atoms with Crippen molar-refractivity contribution in [3.05, 3.63) is 59.3 Å². The molecule has 6 nitrogen and oxygen atoms in total. The third-order valence-electron chi connectivity index (χ3n) is 3.27. The molecule has 1 aromatic carbocycles. The van der Waals surface area contributed by atoms with E-state index in [4.69, 9.17) is 16.0 Å². The number of nitrogens with zero attached hydrogens (tertiary/aromatic N) is 3. The highest BCUT2D eigenvalue weighted by Gasteiger charge is 2.10. The number of rotatable bonds is 6. The number of hydrogen-bond donors (Lipinski definition) is 1. The fourth-order valence-corrected chi connectivity index (χ4v) is 2.93. The third kappa shape index (κ3) is 4.18. The maximum Gasteiger partial charge on any atom is 0.234 e. The van der Waals surface area contributed by atoms with Crippen LogP contribution in [0.5, 0.6) is 0 Å². The Morgan fingerprint density at radius 1 is 1.42 bits per heavy atom. The summed E-state index contributed by atoms with van der Waals surface area (Å²) < 4.78 is 7.14. The van der Waals surface area contributed by atoms with Crippen LogP contribution in [0, 0.1) is 6.92 Å². The zero-order valence-electron chi connectivity index (χ0n) is 12.9. The molecule has 24 heavy (non-hydrogen) atoms. The van der Waals surface area contributed by atoms with Crippen LogP contribution >= 0.6 is 23.4 Å². The number of aryl methyl sites for hydroxylation is 1. The summed E-state index contributed by atoms with van der Waals surface area (Å²) in [4.78, 5) is 12.1. The molecule has 3 rings (SSSR count). The molecule has 0 atom stereocenters. The zero-order valence-corrected chi connectivity index (χ0v) is 14.5. The van der Waals surface area contributed by atoms with Crippen molar-refractivity contribution in [2.75, 3.05) is 11.1 Å². The van der Waals surface area contributed by atoms with Gasteiger partial charge in [0.15, 0.2) is 5.16 Å². The van der Waals surface area contributed by atoms with Gasteiger partial charge in [0, 0.05) is 10.7 Å². The van der Waals surface area contributed by atoms with Gasteiger partial charge in [-0.2, -0.15) is 0 Å². The van der Waals surface area contributed by atoms with Gasteiger partial charge in [0.05, 0.1) is 18.6 Å². The second-order valence-corrected chi connectivity index (χ2v) is 6.47. The van der Waals surface area contributed by atoms with Crippen LogP contribution in [0.25, 0.3) is 0 Å². The molecule has 8 heteroatoms. The van der Waals surface area contributed by atoms with Crippen LogP contribution in [0.4, 0.5) is 5.69 Å². The standard InChI is InChI=1S/C16H15ClN4O2S/c1-11-4-5-12(7-14(11)17)19-15(22)9-24-16-20-18-10-21(16)8-13-3-2-6-23-13/h2-7,10H,8-9H2,1H3,(H,19,22). The highest BCUT2D eigenvalue weighted by molar-refractivity contribution is 7.99. The largest absolute Gasteiger partial charge is 0.467 e. The molecule has 0 unspecified atom stereocenters. The molecule has 0 fully saturated rings. The first-order valence-electron chi connectivity index (χ1n) is 7.21. The average molecular weight is 363 g/mol. The molecule has 0 aliphatic rings. The highest BCUT2D eigenvalue weighted by Crippen LogP contribution is 2.21. The van der Waals surface area contributed by atoms with Gasteiger partial charge in [-0.3, -0.25) is 4.79 Å². The minimum atomic E-state index is -0.132. The van der Waals surface area contributed by atoms with Crippen molar-refractivity contribution in [3.63, 3.8) is 0 Å². The maximum atomic E-state index is 12.1. The van der Waals surface area contributed by atoms with Crippen LogP contribution < -0.4 is 5.32 Å². The Morgan fingerprint density at radius 2 is 2.29 bits per heavy atom. The van der Waals surface area contributed by atoms with E-state index in [0.29, 0.717) is 22.4 Å². The van der Waals surface area contributed by atoms with Crippen molar-refractivity contribution in [2.24, 2.45) is 0 Å². The summed E-state index contributed by atoms with van der Waals surface area (Å²) in [7, 11) is 0. The van der Waals surface area contributed by atoms with Crippen molar-refractivity contribution in [1.82, 2.24) is 14.8 Å². The molecule has 2 aromatic heterocycles. The molecule has 2 heterocycles. The highest BCUT2D eigenvalue weighted by atomic mass is 35.5. The number of amides is 1. The van der Waals surface area contributed by atoms with E-state index in [2.05, 4.69) is 15.5 Å². The Bertz CT molecular complexity index is 832. The topological polar surface area (TPSA) is 73.0 Å². The van der Waals surface area contributed by atoms with E-state index < -0.39 is 0 Å². The van der Waals surface area contributed by atoms with Gasteiger partial charge < -0.3 is 14.3 Å². The first kappa shape index (κ1) is 16.6. The SMILES string of the molecule is Cc1ccc(NC(=O)CSc2nncn2Cc2ccco2)cc1Cl. The van der Waals surface area contributed by atoms with Crippen molar-refractivity contribution in [2.45, 2.75) is 18.6 Å². The quantitative estimate of drug-likeness (QED) is 0.678. The molecule has 0 radical (unpaired) electrons. The van der Waals surface area contributed by atoms with Crippen LogP contribution in [-0.4, -0.2) is 26.4 Å². The summed E-state index contributed by atoms with van der Waals surface area (Å²) >= 11 is 7.37. The fourth-order valence-electron chi connectivity index (χ4n) is 2.03. The van der Waals surface area contributed by atoms with Crippen LogP contribution in [0.15, 0.2) is 52.5 Å². The number of aromatic nitrogens is 3. The number of halogens is 1. The van der Waals surface area contributed by atoms with Gasteiger partial charge in [0.25, 0.3) is 0 Å². The molecule has 124 valence electrons. The van der Waals surface area contributed by atoms with E-state index in [1.807, 2.05) is 35.8 Å². The van der Waals surface area contributed by atoms with Gasteiger partial charge in [-0.25, -0.2) is 0 Å². The van der Waals surface area contributed by atoms with Gasteiger partial charge in [0.2, 0.25) is 5.91 Å². The van der Waals surface area contributed by atoms with Crippen molar-refractivity contribution >= 4 is 35.0 Å². The van der Waals surface area contributed by atoms with Gasteiger partial charge in [-0.15, -0.1) is 10.2 Å². The molecule has 0 saturated heterocycles. The number of thioether (sulfide) groups is 1. The number of anilines is 1. The lowest BCUT2D eigenvalue weighted by Crippen LogP contribution is -2.14. The van der Waals surface area contributed by atoms with Gasteiger partial charge in [-0.05, 0) is 36.8 Å². The summed E-state index contributed by atoms with van der Waals surface area (Å²) in [6.07, 6.45) is 3.23. The van der Waals surface area contributed by atoms with Crippen molar-refractivity contribution in [1.29, 1.82) is 0 Å². The van der Waals surface area contributed by atoms with Gasteiger partial charge in [0.1, 0.15) is 12.1 Å². The second-order valence-electron chi connectivity index (χ2n) is 5.12. The zero-order chi connectivity index (χ0) is 16.9. The summed E-state index contributed by atoms with van der Waals surface area (Å²) in [6.45, 7) is 2.44. The van der Waals surface area contributed by atoms with Crippen LogP contribution in [-0.2, 0) is 11.3 Å². The summed E-state index contributed by atoms with van der Waals surface area (Å²) in [5.41, 5.74) is 1.64. The lowest BCUT2D eigenvalue weighted by molar-refractivity contribution is -0.113. The number of hydrogen-bond acceptors (Lipinski definition) is 5. The fraction of sp³-hybridized carbons (Fsp3) is 0.188. The Balaban J connectivity index is 1.56. The predicted octanol–water partition coefficient (Wildman–Crippen LogP) is 3.61. The van der Waals surface area contributed by atoms with Crippen LogP contribution in [0.2, 0.25) is 5.02 Å². The first-order chi connectivity index (χ1) is 11.6. The van der Waals surface area contributed by atoms with E-state index in [0.717, 1.165) is 11.3 Å². The van der Waals surface area contributed by atoms with E-state index in [1.54, 1.807) is 18.7 Å². The summed E-state index contributed by atoms with van der Waals surface area (Å²) in [5, 5.41) is 12.0. The van der Waals surface area contributed by atoms with Gasteiger partial charge in [-0.1, -0.05) is 29.4 Å². The van der Waals surface area contributed by atoms with Crippen molar-refractivity contribution in [3.8, 4) is 0 Å². The monoisotopic (exact) mass is 362 g/mol. The van der Waals surface area contributed by atoms with E-state index in [1.165, 1.54) is 11.8 Å². The van der Waals surface area contributed by atoms with E-state index >= 15 is 0 Å². The molecule has 0 spiro atoms. The summed E-state index contributed by atoms with van der Waals surface area (Å²) in [5.74, 6) is 0.894. The Labute approximate surface area is 148 Å². The number of furan rings is 1. The normalized spacial score (nSPS) is 10.8. The molecular weight excluding hydrogens is 348 g/mol. The minimum Gasteiger partial charge on any atom is -0.467 e. The first-order valence-corrected chi connectivity index (χ1v) is 8.57. The Hall–Kier alpha value is -2.25. The predicted molar refractivity (Wildman–Crippen MR) is 93.4 cm³/mol. The summed E-state index contributed by atoms with van der Waals surface area (Å²) in [6, 6.07) is 9.13. The van der Waals surface area contributed by atoms with Crippen LogP contribution in [0.1, 0.15) is 11.3 Å². The maximum absolute atomic E-state index is 12.1. The van der Waals surface area contributed by atoms with E-state index in [-0.39, 0.29) is 11.7 Å². The molecule has 1 amide bonds. The average Bonchev–Trinajstić information content (AvgIpc) is 3.21.